The zero-order chi connectivity index (χ0) is 19.3. The van der Waals surface area contributed by atoms with E-state index in [1.807, 2.05) is 66.4 Å². The number of rotatable bonds is 5. The molecule has 0 aliphatic carbocycles. The molecule has 2 aromatic carbocycles. The number of carbonyl (C=O) groups is 1. The number of benzene rings is 2. The molecule has 0 N–H and O–H groups in total. The van der Waals surface area contributed by atoms with Crippen molar-refractivity contribution in [2.24, 2.45) is 0 Å². The molecular weight excluding hydrogens is 352 g/mol. The van der Waals surface area contributed by atoms with Gasteiger partial charge in [0.1, 0.15) is 23.8 Å². The van der Waals surface area contributed by atoms with Gasteiger partial charge in [-0.3, -0.25) is 4.79 Å². The van der Waals surface area contributed by atoms with Crippen LogP contribution in [0.2, 0.25) is 0 Å². The number of carbonyl (C=O) groups excluding carboxylic acids is 1. The van der Waals surface area contributed by atoms with Gasteiger partial charge >= 0.3 is 0 Å². The monoisotopic (exact) mass is 376 g/mol. The number of para-hydroxylation sites is 1. The summed E-state index contributed by atoms with van der Waals surface area (Å²) in [5.41, 5.74) is 2.33. The number of piperidine rings is 1. The van der Waals surface area contributed by atoms with Crippen molar-refractivity contribution in [3.8, 4) is 17.2 Å². The van der Waals surface area contributed by atoms with Gasteiger partial charge in [-0.1, -0.05) is 18.2 Å². The van der Waals surface area contributed by atoms with Gasteiger partial charge in [-0.25, -0.2) is 4.98 Å². The Balaban J connectivity index is 1.45. The molecule has 0 unspecified atom stereocenters. The molecule has 28 heavy (non-hydrogen) atoms. The van der Waals surface area contributed by atoms with Crippen molar-refractivity contribution >= 4 is 5.91 Å². The number of oxazole rings is 1. The molecule has 1 fully saturated rings. The molecule has 2 heterocycles. The van der Waals surface area contributed by atoms with Gasteiger partial charge in [0.25, 0.3) is 5.91 Å². The molecule has 1 saturated heterocycles. The van der Waals surface area contributed by atoms with Crippen molar-refractivity contribution < 1.29 is 13.9 Å². The normalized spacial score (nSPS) is 14.1. The predicted octanol–water partition coefficient (Wildman–Crippen LogP) is 4.86. The van der Waals surface area contributed by atoms with Gasteiger partial charge in [0.15, 0.2) is 0 Å². The third-order valence-electron chi connectivity index (χ3n) is 5.03. The third-order valence-corrected chi connectivity index (χ3v) is 5.03. The molecule has 0 atom stereocenters. The average Bonchev–Trinajstić information content (AvgIpc) is 3.14. The highest BCUT2D eigenvalue weighted by atomic mass is 16.5. The molecule has 0 spiro atoms. The maximum atomic E-state index is 12.6. The number of hydrogen-bond acceptors (Lipinski definition) is 4. The summed E-state index contributed by atoms with van der Waals surface area (Å²) in [6.45, 7) is 3.94. The molecule has 1 aromatic heterocycles. The second kappa shape index (κ2) is 8.30. The number of hydrogen-bond donors (Lipinski definition) is 0. The van der Waals surface area contributed by atoms with Gasteiger partial charge in [-0.15, -0.1) is 0 Å². The maximum Gasteiger partial charge on any atom is 0.253 e. The molecule has 0 bridgehead atoms. The Morgan fingerprint density at radius 1 is 1.04 bits per heavy atom. The second-order valence-electron chi connectivity index (χ2n) is 7.05. The number of ether oxygens (including phenoxy) is 1. The fraction of sp³-hybridized carbons (Fsp3) is 0.304. The molecule has 1 aliphatic rings. The molecule has 1 amide bonds. The molecule has 0 saturated carbocycles. The summed E-state index contributed by atoms with van der Waals surface area (Å²) in [7, 11) is 0. The van der Waals surface area contributed by atoms with Gasteiger partial charge in [0, 0.05) is 24.2 Å². The van der Waals surface area contributed by atoms with E-state index >= 15 is 0 Å². The number of aromatic nitrogens is 1. The number of nitrogens with zero attached hydrogens (tertiary/aromatic N) is 2. The summed E-state index contributed by atoms with van der Waals surface area (Å²) in [5, 5.41) is 0. The highest BCUT2D eigenvalue weighted by molar-refractivity contribution is 5.94. The summed E-state index contributed by atoms with van der Waals surface area (Å²) in [6, 6.07) is 17.1. The predicted molar refractivity (Wildman–Crippen MR) is 107 cm³/mol. The lowest BCUT2D eigenvalue weighted by atomic mass is 10.1. The first-order chi connectivity index (χ1) is 13.7. The van der Waals surface area contributed by atoms with Crippen LogP contribution < -0.4 is 4.74 Å². The van der Waals surface area contributed by atoms with Crippen molar-refractivity contribution in [1.82, 2.24) is 9.88 Å². The fourth-order valence-electron chi connectivity index (χ4n) is 3.39. The number of likely N-dealkylation sites (tertiary alicyclic amines) is 1. The summed E-state index contributed by atoms with van der Waals surface area (Å²) < 4.78 is 11.6. The van der Waals surface area contributed by atoms with Gasteiger partial charge in [0.2, 0.25) is 5.89 Å². The van der Waals surface area contributed by atoms with Crippen LogP contribution in [0, 0.1) is 6.92 Å². The Bertz CT molecular complexity index is 926. The summed E-state index contributed by atoms with van der Waals surface area (Å²) in [4.78, 5) is 19.1. The Hall–Kier alpha value is -3.08. The lowest BCUT2D eigenvalue weighted by Gasteiger charge is -2.26. The zero-order valence-electron chi connectivity index (χ0n) is 16.1. The van der Waals surface area contributed by atoms with E-state index in [4.69, 9.17) is 9.15 Å². The largest absolute Gasteiger partial charge is 0.487 e. The lowest BCUT2D eigenvalue weighted by molar-refractivity contribution is 0.0724. The quantitative estimate of drug-likeness (QED) is 0.638. The SMILES string of the molecule is Cc1oc(-c2ccc(C(=O)N3CCCCC3)cc2)nc1COc1ccccc1. The van der Waals surface area contributed by atoms with E-state index in [2.05, 4.69) is 4.98 Å². The maximum absolute atomic E-state index is 12.6. The van der Waals surface area contributed by atoms with Crippen molar-refractivity contribution in [2.75, 3.05) is 13.1 Å². The molecule has 3 aromatic rings. The molecular formula is C23H24N2O3. The first-order valence-electron chi connectivity index (χ1n) is 9.74. The van der Waals surface area contributed by atoms with E-state index in [0.717, 1.165) is 48.7 Å². The van der Waals surface area contributed by atoms with Crippen molar-refractivity contribution in [1.29, 1.82) is 0 Å². The number of amides is 1. The van der Waals surface area contributed by atoms with Crippen LogP contribution in [0.4, 0.5) is 0 Å². The minimum atomic E-state index is 0.104. The van der Waals surface area contributed by atoms with Crippen LogP contribution in [0.5, 0.6) is 5.75 Å². The molecule has 1 aliphatic heterocycles. The molecule has 0 radical (unpaired) electrons. The Morgan fingerprint density at radius 3 is 2.46 bits per heavy atom. The second-order valence-corrected chi connectivity index (χ2v) is 7.05. The van der Waals surface area contributed by atoms with Crippen LogP contribution in [0.25, 0.3) is 11.5 Å². The first kappa shape index (κ1) is 18.3. The smallest absolute Gasteiger partial charge is 0.253 e. The van der Waals surface area contributed by atoms with E-state index in [1.54, 1.807) is 0 Å². The Labute approximate surface area is 165 Å². The molecule has 144 valence electrons. The van der Waals surface area contributed by atoms with Crippen molar-refractivity contribution in [2.45, 2.75) is 32.8 Å². The van der Waals surface area contributed by atoms with E-state index in [-0.39, 0.29) is 5.91 Å². The van der Waals surface area contributed by atoms with Crippen LogP contribution >= 0.6 is 0 Å². The van der Waals surface area contributed by atoms with Gasteiger partial charge in [0.05, 0.1) is 0 Å². The Morgan fingerprint density at radius 2 is 1.75 bits per heavy atom. The highest BCUT2D eigenvalue weighted by Crippen LogP contribution is 2.24. The highest BCUT2D eigenvalue weighted by Gasteiger charge is 2.18. The molecule has 5 heteroatoms. The summed E-state index contributed by atoms with van der Waals surface area (Å²) in [5.74, 6) is 2.18. The minimum absolute atomic E-state index is 0.104. The average molecular weight is 376 g/mol. The standard InChI is InChI=1S/C23H24N2O3/c1-17-21(16-27-20-8-4-2-5-9-20)24-22(28-17)18-10-12-19(13-11-18)23(26)25-14-6-3-7-15-25/h2,4-5,8-13H,3,6-7,14-16H2,1H3. The van der Waals surface area contributed by atoms with E-state index in [9.17, 15) is 4.79 Å². The molecule has 5 nitrogen and oxygen atoms in total. The van der Waals surface area contributed by atoms with Crippen LogP contribution in [0.3, 0.4) is 0 Å². The van der Waals surface area contributed by atoms with E-state index < -0.39 is 0 Å². The van der Waals surface area contributed by atoms with Gasteiger partial charge in [-0.05, 0) is 62.6 Å². The fourth-order valence-corrected chi connectivity index (χ4v) is 3.39. The molecule has 4 rings (SSSR count). The third kappa shape index (κ3) is 4.09. The van der Waals surface area contributed by atoms with Crippen LogP contribution in [-0.2, 0) is 6.61 Å². The minimum Gasteiger partial charge on any atom is -0.487 e. The first-order valence-corrected chi connectivity index (χ1v) is 9.74. The van der Waals surface area contributed by atoms with Crippen LogP contribution in [0.1, 0.15) is 41.1 Å². The van der Waals surface area contributed by atoms with E-state index in [1.165, 1.54) is 6.42 Å². The summed E-state index contributed by atoms with van der Waals surface area (Å²) in [6.07, 6.45) is 3.39. The summed E-state index contributed by atoms with van der Waals surface area (Å²) >= 11 is 0. The van der Waals surface area contributed by atoms with Gasteiger partial charge in [-0.2, -0.15) is 0 Å². The van der Waals surface area contributed by atoms with Crippen molar-refractivity contribution in [3.05, 3.63) is 71.6 Å². The van der Waals surface area contributed by atoms with Crippen LogP contribution in [-0.4, -0.2) is 28.9 Å². The lowest BCUT2D eigenvalue weighted by Crippen LogP contribution is -2.35. The number of aryl methyl sites for hydroxylation is 1. The Kier molecular flexibility index (Phi) is 5.42. The van der Waals surface area contributed by atoms with Gasteiger partial charge < -0.3 is 14.1 Å². The topological polar surface area (TPSA) is 55.6 Å². The van der Waals surface area contributed by atoms with Crippen molar-refractivity contribution in [3.63, 3.8) is 0 Å². The zero-order valence-corrected chi connectivity index (χ0v) is 16.1. The van der Waals surface area contributed by atoms with Crippen LogP contribution in [0.15, 0.2) is 59.0 Å². The van der Waals surface area contributed by atoms with E-state index in [0.29, 0.717) is 18.1 Å².